The molecule has 20 heavy (non-hydrogen) atoms. The van der Waals surface area contributed by atoms with Gasteiger partial charge in [-0.1, -0.05) is 18.2 Å². The molecular formula is C15H11NO4. The first-order valence-corrected chi connectivity index (χ1v) is 6.21. The summed E-state index contributed by atoms with van der Waals surface area (Å²) in [6.45, 7) is 0. The van der Waals surface area contributed by atoms with Gasteiger partial charge in [-0.25, -0.2) is 9.59 Å². The predicted octanol–water partition coefficient (Wildman–Crippen LogP) is 1.96. The van der Waals surface area contributed by atoms with E-state index < -0.39 is 11.9 Å². The zero-order valence-electron chi connectivity index (χ0n) is 10.5. The molecule has 1 amide bonds. The highest BCUT2D eigenvalue weighted by atomic mass is 16.6. The Morgan fingerprint density at radius 1 is 1.10 bits per heavy atom. The molecule has 0 radical (unpaired) electrons. The van der Waals surface area contributed by atoms with Crippen molar-refractivity contribution in [2.24, 2.45) is 0 Å². The van der Waals surface area contributed by atoms with E-state index in [1.54, 1.807) is 0 Å². The van der Waals surface area contributed by atoms with Crippen LogP contribution in [0, 0.1) is 0 Å². The van der Waals surface area contributed by atoms with Crippen LogP contribution < -0.4 is 5.32 Å². The first kappa shape index (κ1) is 12.3. The maximum Gasteiger partial charge on any atom is 0.346 e. The van der Waals surface area contributed by atoms with Crippen LogP contribution in [0.25, 0.3) is 0 Å². The lowest BCUT2D eigenvalue weighted by atomic mass is 10.0. The number of ether oxygens (including phenoxy) is 1. The van der Waals surface area contributed by atoms with Gasteiger partial charge in [0.05, 0.1) is 11.1 Å². The topological polar surface area (TPSA) is 72.5 Å². The summed E-state index contributed by atoms with van der Waals surface area (Å²) in [6.07, 6.45) is 7.40. The molecule has 0 saturated carbocycles. The van der Waals surface area contributed by atoms with Gasteiger partial charge in [-0.3, -0.25) is 4.79 Å². The minimum atomic E-state index is -0.709. The maximum absolute atomic E-state index is 12.1. The quantitative estimate of drug-likeness (QED) is 0.506. The van der Waals surface area contributed by atoms with E-state index in [-0.39, 0.29) is 17.0 Å². The second-order valence-electron chi connectivity index (χ2n) is 4.53. The summed E-state index contributed by atoms with van der Waals surface area (Å²) in [7, 11) is 0. The molecule has 1 aliphatic carbocycles. The van der Waals surface area contributed by atoms with Crippen molar-refractivity contribution in [3.8, 4) is 0 Å². The zero-order valence-corrected chi connectivity index (χ0v) is 10.5. The Labute approximate surface area is 114 Å². The van der Waals surface area contributed by atoms with Crippen molar-refractivity contribution in [3.63, 3.8) is 0 Å². The summed E-state index contributed by atoms with van der Waals surface area (Å²) < 4.78 is 4.49. The van der Waals surface area contributed by atoms with Gasteiger partial charge in [0, 0.05) is 17.7 Å². The second kappa shape index (κ2) is 4.77. The fourth-order valence-electron chi connectivity index (χ4n) is 2.15. The molecule has 2 aliphatic rings. The summed E-state index contributed by atoms with van der Waals surface area (Å²) in [4.78, 5) is 34.8. The Morgan fingerprint density at radius 3 is 2.65 bits per heavy atom. The molecule has 0 bridgehead atoms. The Morgan fingerprint density at radius 2 is 1.90 bits per heavy atom. The zero-order chi connectivity index (χ0) is 14.1. The molecule has 100 valence electrons. The van der Waals surface area contributed by atoms with Gasteiger partial charge in [0.1, 0.15) is 0 Å². The van der Waals surface area contributed by atoms with Gasteiger partial charge in [-0.2, -0.15) is 0 Å². The van der Waals surface area contributed by atoms with E-state index in [2.05, 4.69) is 10.1 Å². The Hall–Kier alpha value is -2.69. The minimum Gasteiger partial charge on any atom is -0.386 e. The van der Waals surface area contributed by atoms with Crippen molar-refractivity contribution in [1.82, 2.24) is 5.32 Å². The number of carbonyl (C=O) groups excluding carboxylic acids is 3. The van der Waals surface area contributed by atoms with Crippen molar-refractivity contribution in [1.29, 1.82) is 0 Å². The number of cyclic esters (lactones) is 2. The van der Waals surface area contributed by atoms with Crippen LogP contribution in [0.15, 0.2) is 42.1 Å². The molecule has 0 fully saturated rings. The van der Waals surface area contributed by atoms with E-state index >= 15 is 0 Å². The summed E-state index contributed by atoms with van der Waals surface area (Å²) in [5, 5.41) is 2.79. The number of fused-ring (bicyclic) bond motifs is 1. The SMILES string of the molecule is O=C(NC1=CCC=CC1)c1ccc2c(c1)C(=O)OC2=O. The molecule has 5 nitrogen and oxygen atoms in total. The summed E-state index contributed by atoms with van der Waals surface area (Å²) in [5.41, 5.74) is 1.49. The molecule has 1 heterocycles. The highest BCUT2D eigenvalue weighted by Gasteiger charge is 2.30. The number of hydrogen-bond acceptors (Lipinski definition) is 4. The number of esters is 2. The van der Waals surface area contributed by atoms with E-state index in [9.17, 15) is 14.4 Å². The summed E-state index contributed by atoms with van der Waals surface area (Å²) in [6, 6.07) is 4.33. The molecule has 1 aliphatic heterocycles. The molecule has 0 aromatic heterocycles. The summed E-state index contributed by atoms with van der Waals surface area (Å²) in [5.74, 6) is -1.68. The largest absolute Gasteiger partial charge is 0.386 e. The lowest BCUT2D eigenvalue weighted by molar-refractivity contribution is 0.0443. The highest BCUT2D eigenvalue weighted by Crippen LogP contribution is 2.21. The number of rotatable bonds is 2. The van der Waals surface area contributed by atoms with Crippen molar-refractivity contribution >= 4 is 17.8 Å². The van der Waals surface area contributed by atoms with Crippen molar-refractivity contribution in [3.05, 3.63) is 58.8 Å². The van der Waals surface area contributed by atoms with Crippen LogP contribution in [0.1, 0.15) is 43.9 Å². The Kier molecular flexibility index (Phi) is 2.95. The third-order valence-corrected chi connectivity index (χ3v) is 3.19. The number of carbonyl (C=O) groups is 3. The maximum atomic E-state index is 12.1. The second-order valence-corrected chi connectivity index (χ2v) is 4.53. The molecule has 1 N–H and O–H groups in total. The van der Waals surface area contributed by atoms with E-state index in [0.717, 1.165) is 12.1 Å². The third-order valence-electron chi connectivity index (χ3n) is 3.19. The van der Waals surface area contributed by atoms with E-state index in [1.807, 2.05) is 18.2 Å². The van der Waals surface area contributed by atoms with Crippen LogP contribution in [-0.2, 0) is 4.74 Å². The normalized spacial score (nSPS) is 16.5. The van der Waals surface area contributed by atoms with E-state index in [0.29, 0.717) is 12.0 Å². The average molecular weight is 269 g/mol. The Balaban J connectivity index is 1.83. The first-order chi connectivity index (χ1) is 9.65. The highest BCUT2D eigenvalue weighted by molar-refractivity contribution is 6.15. The van der Waals surface area contributed by atoms with Crippen LogP contribution in [-0.4, -0.2) is 17.8 Å². The molecule has 5 heteroatoms. The fraction of sp³-hybridized carbons (Fsp3) is 0.133. The van der Waals surface area contributed by atoms with E-state index in [1.165, 1.54) is 18.2 Å². The molecule has 1 aromatic rings. The minimum absolute atomic E-state index is 0.139. The van der Waals surface area contributed by atoms with Gasteiger partial charge in [0.15, 0.2) is 0 Å². The molecule has 3 rings (SSSR count). The molecular weight excluding hydrogens is 258 g/mol. The van der Waals surface area contributed by atoms with Crippen LogP contribution in [0.5, 0.6) is 0 Å². The van der Waals surface area contributed by atoms with Crippen molar-refractivity contribution < 1.29 is 19.1 Å². The first-order valence-electron chi connectivity index (χ1n) is 6.21. The van der Waals surface area contributed by atoms with Crippen LogP contribution >= 0.6 is 0 Å². The van der Waals surface area contributed by atoms with Gasteiger partial charge in [0.25, 0.3) is 5.91 Å². The van der Waals surface area contributed by atoms with Gasteiger partial charge in [-0.15, -0.1) is 0 Å². The van der Waals surface area contributed by atoms with Gasteiger partial charge in [0.2, 0.25) is 0 Å². The molecule has 0 atom stereocenters. The van der Waals surface area contributed by atoms with Crippen LogP contribution in [0.3, 0.4) is 0 Å². The van der Waals surface area contributed by atoms with Crippen LogP contribution in [0.2, 0.25) is 0 Å². The number of benzene rings is 1. The third kappa shape index (κ3) is 2.14. The number of nitrogens with one attached hydrogen (secondary N) is 1. The smallest absolute Gasteiger partial charge is 0.346 e. The van der Waals surface area contributed by atoms with Gasteiger partial charge >= 0.3 is 11.9 Å². The lowest BCUT2D eigenvalue weighted by Gasteiger charge is -2.10. The number of allylic oxidation sites excluding steroid dienone is 3. The number of amides is 1. The summed E-state index contributed by atoms with van der Waals surface area (Å²) >= 11 is 0. The fourth-order valence-corrected chi connectivity index (χ4v) is 2.15. The monoisotopic (exact) mass is 269 g/mol. The predicted molar refractivity (Wildman–Crippen MR) is 70.1 cm³/mol. The molecule has 0 unspecified atom stereocenters. The molecule has 0 spiro atoms. The van der Waals surface area contributed by atoms with Crippen molar-refractivity contribution in [2.75, 3.05) is 0 Å². The number of hydrogen-bond donors (Lipinski definition) is 1. The average Bonchev–Trinajstić information content (AvgIpc) is 2.75. The van der Waals surface area contributed by atoms with Crippen molar-refractivity contribution in [2.45, 2.75) is 12.8 Å². The molecule has 0 saturated heterocycles. The van der Waals surface area contributed by atoms with E-state index in [4.69, 9.17) is 0 Å². The molecule has 1 aromatic carbocycles. The van der Waals surface area contributed by atoms with Gasteiger partial charge in [-0.05, 0) is 24.6 Å². The standard InChI is InChI=1S/C15H11NO4/c17-13(16-10-4-2-1-3-5-10)9-6-7-11-12(8-9)15(19)20-14(11)18/h1-2,5-8H,3-4H2,(H,16,17). The Bertz CT molecular complexity index is 685. The lowest BCUT2D eigenvalue weighted by Crippen LogP contribution is -2.23. The van der Waals surface area contributed by atoms with Crippen LogP contribution in [0.4, 0.5) is 0 Å². The van der Waals surface area contributed by atoms with Gasteiger partial charge < -0.3 is 10.1 Å².